The summed E-state index contributed by atoms with van der Waals surface area (Å²) in [5, 5.41) is 0. The fourth-order valence-electron chi connectivity index (χ4n) is 0.226. The molecule has 3 heteroatoms. The molecule has 0 aromatic heterocycles. The third-order valence-electron chi connectivity index (χ3n) is 0.516. The summed E-state index contributed by atoms with van der Waals surface area (Å²) >= 11 is 0. The van der Waals surface area contributed by atoms with E-state index in [0.717, 1.165) is 0 Å². The van der Waals surface area contributed by atoms with Crippen molar-refractivity contribution in [3.63, 3.8) is 0 Å². The standard InChI is InChI=1S/C5H7FO2/c6-3-1-2-4-8-5-7/h1-2,5H,3-4H2. The van der Waals surface area contributed by atoms with Crippen LogP contribution in [0.2, 0.25) is 0 Å². The van der Waals surface area contributed by atoms with Gasteiger partial charge in [0.25, 0.3) is 6.47 Å². The fourth-order valence-corrected chi connectivity index (χ4v) is 0.226. The minimum Gasteiger partial charge on any atom is -0.464 e. The molecule has 8 heavy (non-hydrogen) atoms. The third kappa shape index (κ3) is 5.14. The molecule has 0 radical (unpaired) electrons. The first-order valence-corrected chi connectivity index (χ1v) is 2.18. The van der Waals surface area contributed by atoms with E-state index >= 15 is 0 Å². The molecule has 0 aromatic carbocycles. The number of halogens is 1. The summed E-state index contributed by atoms with van der Waals surface area (Å²) in [6, 6.07) is 0. The van der Waals surface area contributed by atoms with Crippen LogP contribution in [0.15, 0.2) is 12.2 Å². The van der Waals surface area contributed by atoms with Gasteiger partial charge in [-0.25, -0.2) is 4.39 Å². The number of ether oxygens (including phenoxy) is 1. The minimum atomic E-state index is -0.512. The number of allylic oxidation sites excluding steroid dienone is 1. The summed E-state index contributed by atoms with van der Waals surface area (Å²) < 4.78 is 15.4. The number of alkyl halides is 1. The van der Waals surface area contributed by atoms with Gasteiger partial charge in [-0.3, -0.25) is 4.79 Å². The molecule has 46 valence electrons. The van der Waals surface area contributed by atoms with E-state index in [-0.39, 0.29) is 6.61 Å². The quantitative estimate of drug-likeness (QED) is 0.308. The van der Waals surface area contributed by atoms with Crippen molar-refractivity contribution < 1.29 is 13.9 Å². The molecule has 0 fully saturated rings. The Morgan fingerprint density at radius 2 is 2.25 bits per heavy atom. The van der Waals surface area contributed by atoms with E-state index in [9.17, 15) is 9.18 Å². The van der Waals surface area contributed by atoms with E-state index in [1.807, 2.05) is 0 Å². The third-order valence-corrected chi connectivity index (χ3v) is 0.516. The molecule has 0 heterocycles. The van der Waals surface area contributed by atoms with Crippen LogP contribution in [-0.2, 0) is 9.53 Å². The van der Waals surface area contributed by atoms with Crippen molar-refractivity contribution in [2.24, 2.45) is 0 Å². The smallest absolute Gasteiger partial charge is 0.293 e. The Labute approximate surface area is 47.0 Å². The summed E-state index contributed by atoms with van der Waals surface area (Å²) in [7, 11) is 0. The lowest BCUT2D eigenvalue weighted by molar-refractivity contribution is -0.127. The van der Waals surface area contributed by atoms with Gasteiger partial charge < -0.3 is 4.74 Å². The maximum atomic E-state index is 11.2. The van der Waals surface area contributed by atoms with Crippen LogP contribution in [0, 0.1) is 0 Å². The van der Waals surface area contributed by atoms with Crippen LogP contribution in [0.3, 0.4) is 0 Å². The normalized spacial score (nSPS) is 9.62. The van der Waals surface area contributed by atoms with Crippen molar-refractivity contribution >= 4 is 6.47 Å². The Morgan fingerprint density at radius 1 is 1.50 bits per heavy atom. The molecule has 0 aliphatic carbocycles. The van der Waals surface area contributed by atoms with Crippen LogP contribution in [0.1, 0.15) is 0 Å². The van der Waals surface area contributed by atoms with E-state index in [1.54, 1.807) is 0 Å². The highest BCUT2D eigenvalue weighted by Gasteiger charge is 1.72. The van der Waals surface area contributed by atoms with E-state index in [1.165, 1.54) is 12.2 Å². The van der Waals surface area contributed by atoms with Crippen molar-refractivity contribution in [1.82, 2.24) is 0 Å². The van der Waals surface area contributed by atoms with Crippen molar-refractivity contribution in [2.45, 2.75) is 0 Å². The second kappa shape index (κ2) is 6.14. The predicted molar refractivity (Wildman–Crippen MR) is 27.1 cm³/mol. The summed E-state index contributed by atoms with van der Waals surface area (Å²) in [6.07, 6.45) is 2.72. The highest BCUT2D eigenvalue weighted by atomic mass is 19.1. The molecule has 0 atom stereocenters. The van der Waals surface area contributed by atoms with Crippen molar-refractivity contribution in [1.29, 1.82) is 0 Å². The number of carbonyl (C=O) groups is 1. The molecule has 0 aliphatic rings. The molecule has 0 unspecified atom stereocenters. The average Bonchev–Trinajstić information content (AvgIpc) is 1.81. The zero-order valence-electron chi connectivity index (χ0n) is 4.34. The van der Waals surface area contributed by atoms with Crippen LogP contribution >= 0.6 is 0 Å². The van der Waals surface area contributed by atoms with Gasteiger partial charge in [-0.1, -0.05) is 6.08 Å². The molecule has 0 aliphatic heterocycles. The summed E-state index contributed by atoms with van der Waals surface area (Å²) in [5.41, 5.74) is 0. The van der Waals surface area contributed by atoms with E-state index in [4.69, 9.17) is 0 Å². The second-order valence-electron chi connectivity index (χ2n) is 1.06. The predicted octanol–water partition coefficient (Wildman–Crippen LogP) is 0.685. The maximum Gasteiger partial charge on any atom is 0.293 e. The van der Waals surface area contributed by atoms with E-state index in [2.05, 4.69) is 4.74 Å². The van der Waals surface area contributed by atoms with Crippen molar-refractivity contribution in [2.75, 3.05) is 13.3 Å². The zero-order chi connectivity index (χ0) is 6.24. The first-order valence-electron chi connectivity index (χ1n) is 2.18. The SMILES string of the molecule is O=COCC=CCF. The van der Waals surface area contributed by atoms with Crippen LogP contribution in [0.5, 0.6) is 0 Å². The van der Waals surface area contributed by atoms with Crippen LogP contribution < -0.4 is 0 Å². The second-order valence-corrected chi connectivity index (χ2v) is 1.06. The Bertz CT molecular complexity index is 80.5. The topological polar surface area (TPSA) is 26.3 Å². The van der Waals surface area contributed by atoms with Gasteiger partial charge in [-0.05, 0) is 6.08 Å². The highest BCUT2D eigenvalue weighted by molar-refractivity contribution is 5.37. The molecule has 0 aromatic rings. The molecule has 0 saturated heterocycles. The Balaban J connectivity index is 2.90. The lowest BCUT2D eigenvalue weighted by Crippen LogP contribution is -1.85. The number of rotatable bonds is 4. The first kappa shape index (κ1) is 7.14. The lowest BCUT2D eigenvalue weighted by atomic mass is 10.5. The molecule has 0 rings (SSSR count). The van der Waals surface area contributed by atoms with Crippen LogP contribution in [0.4, 0.5) is 4.39 Å². The average molecular weight is 118 g/mol. The van der Waals surface area contributed by atoms with Gasteiger partial charge >= 0.3 is 0 Å². The van der Waals surface area contributed by atoms with Gasteiger partial charge in [0.1, 0.15) is 13.3 Å². The molecular formula is C5H7FO2. The molecule has 2 nitrogen and oxygen atoms in total. The lowest BCUT2D eigenvalue weighted by Gasteiger charge is -1.85. The maximum absolute atomic E-state index is 11.2. The largest absolute Gasteiger partial charge is 0.464 e. The van der Waals surface area contributed by atoms with Gasteiger partial charge in [0.15, 0.2) is 0 Å². The fraction of sp³-hybridized carbons (Fsp3) is 0.400. The summed E-state index contributed by atoms with van der Waals surface area (Å²) in [5.74, 6) is 0. The Hall–Kier alpha value is -0.860. The Morgan fingerprint density at radius 3 is 2.75 bits per heavy atom. The number of hydrogen-bond donors (Lipinski definition) is 0. The van der Waals surface area contributed by atoms with E-state index in [0.29, 0.717) is 6.47 Å². The molecule has 0 saturated carbocycles. The van der Waals surface area contributed by atoms with Gasteiger partial charge in [0.05, 0.1) is 0 Å². The highest BCUT2D eigenvalue weighted by Crippen LogP contribution is 1.74. The molecule has 0 N–H and O–H groups in total. The molecule has 0 spiro atoms. The van der Waals surface area contributed by atoms with Gasteiger partial charge in [-0.2, -0.15) is 0 Å². The van der Waals surface area contributed by atoms with Crippen molar-refractivity contribution in [3.05, 3.63) is 12.2 Å². The summed E-state index contributed by atoms with van der Waals surface area (Å²) in [4.78, 5) is 9.42. The Kier molecular flexibility index (Phi) is 5.48. The summed E-state index contributed by atoms with van der Waals surface area (Å²) in [6.45, 7) is -0.0296. The van der Waals surface area contributed by atoms with Crippen molar-refractivity contribution in [3.8, 4) is 0 Å². The molecule has 0 amide bonds. The van der Waals surface area contributed by atoms with Gasteiger partial charge in [0, 0.05) is 0 Å². The van der Waals surface area contributed by atoms with E-state index < -0.39 is 6.67 Å². The van der Waals surface area contributed by atoms with Gasteiger partial charge in [0.2, 0.25) is 0 Å². The zero-order valence-corrected chi connectivity index (χ0v) is 4.34. The number of hydrogen-bond acceptors (Lipinski definition) is 2. The van der Waals surface area contributed by atoms with Gasteiger partial charge in [-0.15, -0.1) is 0 Å². The first-order chi connectivity index (χ1) is 3.91. The molecule has 0 bridgehead atoms. The number of carbonyl (C=O) groups excluding carboxylic acids is 1. The minimum absolute atomic E-state index is 0.160. The van der Waals surface area contributed by atoms with Crippen LogP contribution in [-0.4, -0.2) is 19.8 Å². The molecular weight excluding hydrogens is 111 g/mol. The monoisotopic (exact) mass is 118 g/mol. The van der Waals surface area contributed by atoms with Crippen LogP contribution in [0.25, 0.3) is 0 Å².